The molecule has 0 saturated carbocycles. The molecular formula is C16H28N2O. The lowest BCUT2D eigenvalue weighted by Gasteiger charge is -2.22. The van der Waals surface area contributed by atoms with E-state index in [2.05, 4.69) is 63.2 Å². The van der Waals surface area contributed by atoms with E-state index in [1.165, 1.54) is 11.1 Å². The molecule has 19 heavy (non-hydrogen) atoms. The third-order valence-electron chi connectivity index (χ3n) is 3.15. The molecule has 108 valence electrons. The van der Waals surface area contributed by atoms with Crippen LogP contribution in [0.25, 0.3) is 0 Å². The molecule has 3 nitrogen and oxygen atoms in total. The molecule has 0 aromatic heterocycles. The number of hydrogen-bond acceptors (Lipinski definition) is 3. The Morgan fingerprint density at radius 1 is 1.26 bits per heavy atom. The Morgan fingerprint density at radius 3 is 2.47 bits per heavy atom. The van der Waals surface area contributed by atoms with E-state index in [0.29, 0.717) is 0 Å². The first kappa shape index (κ1) is 16.0. The monoisotopic (exact) mass is 264 g/mol. The molecule has 1 aromatic rings. The maximum Gasteiger partial charge on any atom is 0.123 e. The molecule has 0 unspecified atom stereocenters. The second-order valence-electron chi connectivity index (χ2n) is 6.08. The van der Waals surface area contributed by atoms with Gasteiger partial charge in [0.15, 0.2) is 0 Å². The number of methoxy groups -OCH3 is 1. The van der Waals surface area contributed by atoms with Crippen molar-refractivity contribution in [1.29, 1.82) is 0 Å². The molecular weight excluding hydrogens is 236 g/mol. The average molecular weight is 264 g/mol. The quantitative estimate of drug-likeness (QED) is 0.854. The molecule has 0 radical (unpaired) electrons. The van der Waals surface area contributed by atoms with Gasteiger partial charge in [-0.1, -0.05) is 13.0 Å². The van der Waals surface area contributed by atoms with Gasteiger partial charge in [-0.05, 0) is 52.1 Å². The van der Waals surface area contributed by atoms with Crippen LogP contribution in [0.5, 0.6) is 5.75 Å². The minimum absolute atomic E-state index is 0.139. The highest BCUT2D eigenvalue weighted by Gasteiger charge is 2.10. The number of nitrogens with zero attached hydrogens (tertiary/aromatic N) is 1. The first-order valence-corrected chi connectivity index (χ1v) is 6.95. The Morgan fingerprint density at radius 2 is 1.95 bits per heavy atom. The van der Waals surface area contributed by atoms with Crippen molar-refractivity contribution in [2.24, 2.45) is 0 Å². The summed E-state index contributed by atoms with van der Waals surface area (Å²) in [5.41, 5.74) is 2.69. The lowest BCUT2D eigenvalue weighted by atomic mass is 10.1. The van der Waals surface area contributed by atoms with Gasteiger partial charge in [0.1, 0.15) is 5.75 Å². The standard InChI is InChI=1S/C16H28N2O/c1-7-18(5)12-14-10-13(8-9-15(14)19-6)11-17-16(2,3)4/h8-10,17H,7,11-12H2,1-6H3. The van der Waals surface area contributed by atoms with Crippen molar-refractivity contribution >= 4 is 0 Å². The van der Waals surface area contributed by atoms with Crippen LogP contribution < -0.4 is 10.1 Å². The molecule has 0 aliphatic heterocycles. The lowest BCUT2D eigenvalue weighted by Crippen LogP contribution is -2.35. The summed E-state index contributed by atoms with van der Waals surface area (Å²) in [7, 11) is 3.86. The van der Waals surface area contributed by atoms with Crippen molar-refractivity contribution < 1.29 is 4.74 Å². The largest absolute Gasteiger partial charge is 0.496 e. The highest BCUT2D eigenvalue weighted by molar-refractivity contribution is 5.37. The van der Waals surface area contributed by atoms with E-state index in [4.69, 9.17) is 4.74 Å². The predicted molar refractivity (Wildman–Crippen MR) is 81.6 cm³/mol. The lowest BCUT2D eigenvalue weighted by molar-refractivity contribution is 0.332. The Balaban J connectivity index is 2.82. The molecule has 0 aliphatic rings. The fraction of sp³-hybridized carbons (Fsp3) is 0.625. The number of ether oxygens (including phenoxy) is 1. The van der Waals surface area contributed by atoms with Gasteiger partial charge in [0.2, 0.25) is 0 Å². The smallest absolute Gasteiger partial charge is 0.123 e. The molecule has 0 saturated heterocycles. The van der Waals surface area contributed by atoms with Crippen LogP contribution >= 0.6 is 0 Å². The summed E-state index contributed by atoms with van der Waals surface area (Å²) in [5, 5.41) is 3.52. The molecule has 0 fully saturated rings. The van der Waals surface area contributed by atoms with Gasteiger partial charge >= 0.3 is 0 Å². The van der Waals surface area contributed by atoms with Crippen molar-refractivity contribution in [1.82, 2.24) is 10.2 Å². The van der Waals surface area contributed by atoms with Gasteiger partial charge in [-0.15, -0.1) is 0 Å². The van der Waals surface area contributed by atoms with E-state index >= 15 is 0 Å². The van der Waals surface area contributed by atoms with E-state index in [-0.39, 0.29) is 5.54 Å². The first-order chi connectivity index (χ1) is 8.85. The topological polar surface area (TPSA) is 24.5 Å². The van der Waals surface area contributed by atoms with Gasteiger partial charge in [-0.3, -0.25) is 0 Å². The Kier molecular flexibility index (Phi) is 5.83. The maximum atomic E-state index is 5.44. The molecule has 0 amide bonds. The van der Waals surface area contributed by atoms with Gasteiger partial charge in [0.05, 0.1) is 7.11 Å². The van der Waals surface area contributed by atoms with Crippen molar-refractivity contribution in [3.63, 3.8) is 0 Å². The van der Waals surface area contributed by atoms with Crippen LogP contribution in [0.3, 0.4) is 0 Å². The van der Waals surface area contributed by atoms with E-state index in [1.54, 1.807) is 7.11 Å². The van der Waals surface area contributed by atoms with Crippen LogP contribution in [-0.2, 0) is 13.1 Å². The van der Waals surface area contributed by atoms with Crippen LogP contribution in [0.15, 0.2) is 18.2 Å². The summed E-state index contributed by atoms with van der Waals surface area (Å²) in [5.74, 6) is 0.972. The molecule has 0 aliphatic carbocycles. The normalized spacial score (nSPS) is 11.9. The number of nitrogens with one attached hydrogen (secondary N) is 1. The summed E-state index contributed by atoms with van der Waals surface area (Å²) in [6, 6.07) is 6.44. The van der Waals surface area contributed by atoms with Gasteiger partial charge in [0.25, 0.3) is 0 Å². The van der Waals surface area contributed by atoms with E-state index < -0.39 is 0 Å². The van der Waals surface area contributed by atoms with Crippen molar-refractivity contribution in [3.05, 3.63) is 29.3 Å². The van der Waals surface area contributed by atoms with Crippen molar-refractivity contribution in [3.8, 4) is 5.75 Å². The number of hydrogen-bond donors (Lipinski definition) is 1. The van der Waals surface area contributed by atoms with Gasteiger partial charge in [-0.25, -0.2) is 0 Å². The fourth-order valence-electron chi connectivity index (χ4n) is 1.84. The minimum Gasteiger partial charge on any atom is -0.496 e. The molecule has 1 rings (SSSR count). The minimum atomic E-state index is 0.139. The second kappa shape index (κ2) is 6.92. The van der Waals surface area contributed by atoms with Crippen LogP contribution in [0.1, 0.15) is 38.8 Å². The Bertz CT molecular complexity index is 396. The summed E-state index contributed by atoms with van der Waals surface area (Å²) >= 11 is 0. The van der Waals surface area contributed by atoms with Crippen molar-refractivity contribution in [2.75, 3.05) is 20.7 Å². The average Bonchev–Trinajstić information content (AvgIpc) is 2.35. The summed E-state index contributed by atoms with van der Waals surface area (Å²) in [6.07, 6.45) is 0. The van der Waals surface area contributed by atoms with Crippen LogP contribution in [-0.4, -0.2) is 31.1 Å². The van der Waals surface area contributed by atoms with Gasteiger partial charge in [0, 0.05) is 24.2 Å². The van der Waals surface area contributed by atoms with E-state index in [0.717, 1.165) is 25.4 Å². The van der Waals surface area contributed by atoms with Crippen LogP contribution in [0.4, 0.5) is 0 Å². The van der Waals surface area contributed by atoms with Gasteiger partial charge < -0.3 is 15.0 Å². The maximum absolute atomic E-state index is 5.44. The van der Waals surface area contributed by atoms with Gasteiger partial charge in [-0.2, -0.15) is 0 Å². The van der Waals surface area contributed by atoms with Crippen LogP contribution in [0.2, 0.25) is 0 Å². The molecule has 0 heterocycles. The first-order valence-electron chi connectivity index (χ1n) is 6.95. The molecule has 0 spiro atoms. The Hall–Kier alpha value is -1.06. The fourth-order valence-corrected chi connectivity index (χ4v) is 1.84. The predicted octanol–water partition coefficient (Wildman–Crippen LogP) is 3.04. The molecule has 1 aromatic carbocycles. The Labute approximate surface area is 118 Å². The summed E-state index contributed by atoms with van der Waals surface area (Å²) < 4.78 is 5.44. The van der Waals surface area contributed by atoms with E-state index in [9.17, 15) is 0 Å². The number of rotatable bonds is 6. The van der Waals surface area contributed by atoms with Crippen LogP contribution in [0, 0.1) is 0 Å². The molecule has 1 N–H and O–H groups in total. The number of benzene rings is 1. The highest BCUT2D eigenvalue weighted by atomic mass is 16.5. The zero-order chi connectivity index (χ0) is 14.5. The summed E-state index contributed by atoms with van der Waals surface area (Å²) in [6.45, 7) is 11.6. The SMILES string of the molecule is CCN(C)Cc1cc(CNC(C)(C)C)ccc1OC. The third kappa shape index (κ3) is 5.62. The second-order valence-corrected chi connectivity index (χ2v) is 6.08. The third-order valence-corrected chi connectivity index (χ3v) is 3.15. The van der Waals surface area contributed by atoms with E-state index in [1.807, 2.05) is 0 Å². The molecule has 0 atom stereocenters. The molecule has 3 heteroatoms. The zero-order valence-corrected chi connectivity index (χ0v) is 13.2. The highest BCUT2D eigenvalue weighted by Crippen LogP contribution is 2.21. The molecule has 0 bridgehead atoms. The van der Waals surface area contributed by atoms with Crippen molar-refractivity contribution in [2.45, 2.75) is 46.3 Å². The summed E-state index contributed by atoms with van der Waals surface area (Å²) in [4.78, 5) is 2.28. The zero-order valence-electron chi connectivity index (χ0n) is 13.2.